The van der Waals surface area contributed by atoms with Crippen molar-refractivity contribution in [3.8, 4) is 10.4 Å². The summed E-state index contributed by atoms with van der Waals surface area (Å²) in [5.74, 6) is -1.41. The van der Waals surface area contributed by atoms with Gasteiger partial charge in [-0.3, -0.25) is 0 Å². The first kappa shape index (κ1) is 17.7. The number of ether oxygens (including phenoxy) is 2. The van der Waals surface area contributed by atoms with E-state index in [1.807, 2.05) is 41.8 Å². The number of benzene rings is 1. The largest absolute Gasteiger partial charge is 0.462 e. The van der Waals surface area contributed by atoms with E-state index in [0.717, 1.165) is 16.1 Å². The van der Waals surface area contributed by atoms with Crippen LogP contribution in [0, 0.1) is 0 Å². The molecule has 0 aliphatic heterocycles. The Kier molecular flexibility index (Phi) is 6.57. The first-order valence-corrected chi connectivity index (χ1v) is 8.48. The highest BCUT2D eigenvalue weighted by atomic mass is 32.1. The third kappa shape index (κ3) is 4.70. The van der Waals surface area contributed by atoms with Crippen LogP contribution in [0.3, 0.4) is 0 Å². The summed E-state index contributed by atoms with van der Waals surface area (Å²) in [5.41, 5.74) is 1.73. The normalized spacial score (nSPS) is 9.92. The van der Waals surface area contributed by atoms with Gasteiger partial charge in [-0.05, 0) is 25.5 Å². The van der Waals surface area contributed by atoms with Gasteiger partial charge < -0.3 is 14.8 Å². The summed E-state index contributed by atoms with van der Waals surface area (Å²) in [5, 5.41) is 4.87. The Morgan fingerprint density at radius 1 is 1.08 bits per heavy atom. The van der Waals surface area contributed by atoms with Crippen molar-refractivity contribution < 1.29 is 19.1 Å². The van der Waals surface area contributed by atoms with Crippen molar-refractivity contribution in [2.24, 2.45) is 0 Å². The molecule has 2 rings (SSSR count). The lowest BCUT2D eigenvalue weighted by Crippen LogP contribution is -2.19. The molecule has 0 unspecified atom stereocenters. The molecule has 1 N–H and O–H groups in total. The van der Waals surface area contributed by atoms with Crippen molar-refractivity contribution in [1.29, 1.82) is 0 Å². The predicted molar refractivity (Wildman–Crippen MR) is 94.7 cm³/mol. The molecular formula is C18H19NO4S. The van der Waals surface area contributed by atoms with Gasteiger partial charge in [0.25, 0.3) is 0 Å². The standard InChI is InChI=1S/C18H19NO4S/c1-3-22-17(20)15(18(21)23-4-2)11-19-14-10-16(24-12-14)13-8-6-5-7-9-13/h5-12,19H,3-4H2,1-2H3. The Bertz CT molecular complexity index is 702. The van der Waals surface area contributed by atoms with E-state index < -0.39 is 11.9 Å². The van der Waals surface area contributed by atoms with Crippen LogP contribution in [0.5, 0.6) is 0 Å². The molecule has 0 amide bonds. The average molecular weight is 345 g/mol. The Labute approximate surface area is 144 Å². The van der Waals surface area contributed by atoms with Gasteiger partial charge in [-0.2, -0.15) is 0 Å². The summed E-state index contributed by atoms with van der Waals surface area (Å²) in [4.78, 5) is 24.8. The number of hydrogen-bond acceptors (Lipinski definition) is 6. The maximum absolute atomic E-state index is 11.9. The van der Waals surface area contributed by atoms with E-state index in [2.05, 4.69) is 5.32 Å². The number of carbonyl (C=O) groups is 2. The van der Waals surface area contributed by atoms with Crippen LogP contribution >= 0.6 is 11.3 Å². The molecule has 126 valence electrons. The molecular weight excluding hydrogens is 326 g/mol. The first-order chi connectivity index (χ1) is 11.7. The lowest BCUT2D eigenvalue weighted by Gasteiger charge is -2.06. The molecule has 2 aromatic rings. The minimum absolute atomic E-state index is 0.161. The van der Waals surface area contributed by atoms with Crippen LogP contribution in [0.4, 0.5) is 5.69 Å². The third-order valence-corrected chi connectivity index (χ3v) is 4.01. The molecule has 0 aliphatic carbocycles. The molecule has 5 nitrogen and oxygen atoms in total. The van der Waals surface area contributed by atoms with Gasteiger partial charge in [0.1, 0.15) is 0 Å². The molecule has 0 atom stereocenters. The number of nitrogens with one attached hydrogen (secondary N) is 1. The zero-order valence-corrected chi connectivity index (χ0v) is 14.4. The predicted octanol–water partition coefficient (Wildman–Crippen LogP) is 3.84. The van der Waals surface area contributed by atoms with E-state index >= 15 is 0 Å². The SMILES string of the molecule is CCOC(=O)C(=CNc1csc(-c2ccccc2)c1)C(=O)OCC. The Morgan fingerprint density at radius 2 is 1.71 bits per heavy atom. The molecule has 1 heterocycles. The highest BCUT2D eigenvalue weighted by molar-refractivity contribution is 7.14. The monoisotopic (exact) mass is 345 g/mol. The van der Waals surface area contributed by atoms with E-state index in [9.17, 15) is 9.59 Å². The van der Waals surface area contributed by atoms with Crippen molar-refractivity contribution in [2.45, 2.75) is 13.8 Å². The Balaban J connectivity index is 2.15. The van der Waals surface area contributed by atoms with Crippen LogP contribution in [-0.2, 0) is 19.1 Å². The van der Waals surface area contributed by atoms with Crippen LogP contribution in [0.25, 0.3) is 10.4 Å². The second kappa shape index (κ2) is 8.88. The molecule has 0 saturated carbocycles. The zero-order valence-electron chi connectivity index (χ0n) is 13.6. The number of rotatable bonds is 7. The molecule has 1 aromatic heterocycles. The Morgan fingerprint density at radius 3 is 2.29 bits per heavy atom. The molecule has 0 radical (unpaired) electrons. The van der Waals surface area contributed by atoms with Crippen molar-refractivity contribution in [2.75, 3.05) is 18.5 Å². The van der Waals surface area contributed by atoms with Crippen molar-refractivity contribution >= 4 is 29.0 Å². The van der Waals surface area contributed by atoms with Crippen LogP contribution in [0.2, 0.25) is 0 Å². The van der Waals surface area contributed by atoms with Gasteiger partial charge >= 0.3 is 11.9 Å². The smallest absolute Gasteiger partial charge is 0.347 e. The van der Waals surface area contributed by atoms with E-state index in [-0.39, 0.29) is 18.8 Å². The van der Waals surface area contributed by atoms with Crippen molar-refractivity contribution in [3.63, 3.8) is 0 Å². The second-order valence-electron chi connectivity index (χ2n) is 4.71. The quantitative estimate of drug-likeness (QED) is 0.357. The number of carbonyl (C=O) groups excluding carboxylic acids is 2. The summed E-state index contributed by atoms with van der Waals surface area (Å²) in [7, 11) is 0. The average Bonchev–Trinajstić information content (AvgIpc) is 3.05. The molecule has 0 aliphatic rings. The Hall–Kier alpha value is -2.60. The summed E-state index contributed by atoms with van der Waals surface area (Å²) in [6, 6.07) is 11.9. The fraction of sp³-hybridized carbons (Fsp3) is 0.222. The number of anilines is 1. The van der Waals surface area contributed by atoms with Crippen molar-refractivity contribution in [1.82, 2.24) is 0 Å². The highest BCUT2D eigenvalue weighted by Crippen LogP contribution is 2.29. The van der Waals surface area contributed by atoms with Gasteiger partial charge in [-0.15, -0.1) is 11.3 Å². The fourth-order valence-corrected chi connectivity index (χ4v) is 2.80. The molecule has 0 fully saturated rings. The number of esters is 2. The van der Waals surface area contributed by atoms with Gasteiger partial charge in [0.2, 0.25) is 0 Å². The van der Waals surface area contributed by atoms with Gasteiger partial charge in [-0.1, -0.05) is 30.3 Å². The molecule has 0 bridgehead atoms. The van der Waals surface area contributed by atoms with Crippen molar-refractivity contribution in [3.05, 3.63) is 53.6 Å². The lowest BCUT2D eigenvalue weighted by molar-refractivity contribution is -0.146. The molecule has 0 spiro atoms. The van der Waals surface area contributed by atoms with Crippen LogP contribution in [0.1, 0.15) is 13.8 Å². The van der Waals surface area contributed by atoms with E-state index in [0.29, 0.717) is 0 Å². The van der Waals surface area contributed by atoms with E-state index in [1.54, 1.807) is 25.2 Å². The van der Waals surface area contributed by atoms with E-state index in [1.165, 1.54) is 6.20 Å². The van der Waals surface area contributed by atoms with Gasteiger partial charge in [-0.25, -0.2) is 9.59 Å². The van der Waals surface area contributed by atoms with Gasteiger partial charge in [0, 0.05) is 22.1 Å². The van der Waals surface area contributed by atoms with Crippen LogP contribution < -0.4 is 5.32 Å². The van der Waals surface area contributed by atoms with E-state index in [4.69, 9.17) is 9.47 Å². The topological polar surface area (TPSA) is 64.6 Å². The molecule has 0 saturated heterocycles. The highest BCUT2D eigenvalue weighted by Gasteiger charge is 2.20. The fourth-order valence-electron chi connectivity index (χ4n) is 1.94. The zero-order chi connectivity index (χ0) is 17.4. The summed E-state index contributed by atoms with van der Waals surface area (Å²) in [6.07, 6.45) is 1.33. The molecule has 1 aromatic carbocycles. The maximum Gasteiger partial charge on any atom is 0.347 e. The molecule has 6 heteroatoms. The lowest BCUT2D eigenvalue weighted by atomic mass is 10.2. The molecule has 24 heavy (non-hydrogen) atoms. The second-order valence-corrected chi connectivity index (χ2v) is 5.62. The summed E-state index contributed by atoms with van der Waals surface area (Å²) >= 11 is 1.57. The van der Waals surface area contributed by atoms with Crippen LogP contribution in [0.15, 0.2) is 53.6 Å². The maximum atomic E-state index is 11.9. The number of hydrogen-bond donors (Lipinski definition) is 1. The minimum Gasteiger partial charge on any atom is -0.462 e. The van der Waals surface area contributed by atoms with Gasteiger partial charge in [0.05, 0.1) is 13.2 Å². The first-order valence-electron chi connectivity index (χ1n) is 7.60. The third-order valence-electron chi connectivity index (χ3n) is 3.03. The number of thiophene rings is 1. The minimum atomic E-state index is -0.707. The van der Waals surface area contributed by atoms with Gasteiger partial charge in [0.15, 0.2) is 5.57 Å². The summed E-state index contributed by atoms with van der Waals surface area (Å²) < 4.78 is 9.78. The van der Waals surface area contributed by atoms with Crippen LogP contribution in [-0.4, -0.2) is 25.2 Å². The summed E-state index contributed by atoms with van der Waals surface area (Å²) in [6.45, 7) is 3.73.